The molecule has 1 aromatic heterocycles. The van der Waals surface area contributed by atoms with Gasteiger partial charge in [-0.3, -0.25) is 0 Å². The van der Waals surface area contributed by atoms with Crippen LogP contribution in [0.4, 0.5) is 4.39 Å². The van der Waals surface area contributed by atoms with Crippen molar-refractivity contribution < 1.29 is 13.9 Å². The molecule has 4 heteroatoms. The number of rotatable bonds is 3. The Hall–Kier alpha value is -2.07. The summed E-state index contributed by atoms with van der Waals surface area (Å²) in [5, 5.41) is 1.78. The summed E-state index contributed by atoms with van der Waals surface area (Å²) in [5.74, 6) is 0.436. The molecule has 0 saturated carbocycles. The Labute approximate surface area is 108 Å². The molecule has 1 unspecified atom stereocenters. The van der Waals surface area contributed by atoms with E-state index in [4.69, 9.17) is 9.47 Å². The number of aromatic amines is 1. The van der Waals surface area contributed by atoms with Crippen LogP contribution in [0.3, 0.4) is 0 Å². The first kappa shape index (κ1) is 10.8. The van der Waals surface area contributed by atoms with Gasteiger partial charge in [-0.2, -0.15) is 0 Å². The van der Waals surface area contributed by atoms with Crippen molar-refractivity contribution in [3.8, 4) is 5.75 Å². The minimum Gasteiger partial charge on any atom is -0.490 e. The Morgan fingerprint density at radius 2 is 2.11 bits per heavy atom. The van der Waals surface area contributed by atoms with Gasteiger partial charge in [0.2, 0.25) is 0 Å². The molecular formula is C15H12FNO2. The number of H-pyrrole nitrogens is 1. The molecule has 96 valence electrons. The van der Waals surface area contributed by atoms with E-state index in [1.54, 1.807) is 6.07 Å². The highest BCUT2D eigenvalue weighted by Crippen LogP contribution is 2.34. The fourth-order valence-corrected chi connectivity index (χ4v) is 2.36. The molecule has 0 bridgehead atoms. The maximum absolute atomic E-state index is 13.9. The van der Waals surface area contributed by atoms with Crippen LogP contribution in [0.25, 0.3) is 21.8 Å². The maximum atomic E-state index is 13.9. The number of hydrogen-bond acceptors (Lipinski definition) is 2. The molecule has 0 radical (unpaired) electrons. The lowest BCUT2D eigenvalue weighted by Gasteiger charge is -2.06. The molecule has 1 atom stereocenters. The molecule has 0 amide bonds. The Balaban J connectivity index is 1.93. The van der Waals surface area contributed by atoms with E-state index in [2.05, 4.69) is 4.98 Å². The largest absolute Gasteiger partial charge is 0.490 e. The highest BCUT2D eigenvalue weighted by atomic mass is 19.1. The molecule has 1 fully saturated rings. The number of nitrogens with one attached hydrogen (secondary N) is 1. The first-order valence-electron chi connectivity index (χ1n) is 6.26. The quantitative estimate of drug-likeness (QED) is 0.731. The van der Waals surface area contributed by atoms with E-state index in [9.17, 15) is 4.39 Å². The summed E-state index contributed by atoms with van der Waals surface area (Å²) < 4.78 is 24.8. The zero-order valence-corrected chi connectivity index (χ0v) is 10.2. The van der Waals surface area contributed by atoms with Gasteiger partial charge >= 0.3 is 0 Å². The number of benzene rings is 2. The van der Waals surface area contributed by atoms with Crippen molar-refractivity contribution in [1.82, 2.24) is 4.98 Å². The predicted molar refractivity (Wildman–Crippen MR) is 71.0 cm³/mol. The van der Waals surface area contributed by atoms with Crippen LogP contribution < -0.4 is 4.74 Å². The third-order valence-electron chi connectivity index (χ3n) is 3.40. The molecule has 2 aromatic carbocycles. The number of hydrogen-bond donors (Lipinski definition) is 1. The number of fused-ring (bicyclic) bond motifs is 3. The molecule has 1 saturated heterocycles. The van der Waals surface area contributed by atoms with E-state index in [-0.39, 0.29) is 11.9 Å². The van der Waals surface area contributed by atoms with Gasteiger partial charge in [-0.25, -0.2) is 4.39 Å². The first-order chi connectivity index (χ1) is 9.33. The molecule has 3 nitrogen and oxygen atoms in total. The summed E-state index contributed by atoms with van der Waals surface area (Å²) in [4.78, 5) is 3.10. The van der Waals surface area contributed by atoms with Crippen LogP contribution in [0.15, 0.2) is 36.4 Å². The molecular weight excluding hydrogens is 245 g/mol. The van der Waals surface area contributed by atoms with Crippen LogP contribution in [-0.2, 0) is 4.74 Å². The van der Waals surface area contributed by atoms with E-state index < -0.39 is 0 Å². The van der Waals surface area contributed by atoms with Crippen molar-refractivity contribution in [1.29, 1.82) is 0 Å². The molecule has 4 rings (SSSR count). The summed E-state index contributed by atoms with van der Waals surface area (Å²) >= 11 is 0. The molecule has 2 heterocycles. The average Bonchev–Trinajstić information content (AvgIpc) is 3.17. The van der Waals surface area contributed by atoms with Crippen molar-refractivity contribution in [2.75, 3.05) is 13.2 Å². The Morgan fingerprint density at radius 1 is 1.26 bits per heavy atom. The van der Waals surface area contributed by atoms with Gasteiger partial charge < -0.3 is 14.5 Å². The lowest BCUT2D eigenvalue weighted by molar-refractivity contribution is 0.265. The predicted octanol–water partition coefficient (Wildman–Crippen LogP) is 3.24. The number of ether oxygens (including phenoxy) is 2. The number of epoxide rings is 1. The second kappa shape index (κ2) is 3.96. The van der Waals surface area contributed by atoms with Gasteiger partial charge in [-0.1, -0.05) is 18.2 Å². The zero-order valence-electron chi connectivity index (χ0n) is 10.2. The standard InChI is InChI=1S/C15H12FNO2/c16-11-5-6-13(19-8-9-7-18-9)14-10-3-1-2-4-12(10)17-15(11)14/h1-6,9,17H,7-8H2. The number of aromatic nitrogens is 1. The Kier molecular flexibility index (Phi) is 2.26. The van der Waals surface area contributed by atoms with Crippen LogP contribution in [-0.4, -0.2) is 24.3 Å². The second-order valence-electron chi connectivity index (χ2n) is 4.73. The number of halogens is 1. The molecule has 0 aliphatic carbocycles. The Morgan fingerprint density at radius 3 is 2.95 bits per heavy atom. The van der Waals surface area contributed by atoms with Crippen molar-refractivity contribution in [2.24, 2.45) is 0 Å². The monoisotopic (exact) mass is 257 g/mol. The van der Waals surface area contributed by atoms with Gasteiger partial charge in [0.25, 0.3) is 0 Å². The second-order valence-corrected chi connectivity index (χ2v) is 4.73. The normalized spacial score (nSPS) is 18.1. The van der Waals surface area contributed by atoms with Gasteiger partial charge in [0, 0.05) is 10.9 Å². The first-order valence-corrected chi connectivity index (χ1v) is 6.26. The van der Waals surface area contributed by atoms with Gasteiger partial charge in [-0.05, 0) is 18.2 Å². The summed E-state index contributed by atoms with van der Waals surface area (Å²) in [5.41, 5.74) is 1.41. The van der Waals surface area contributed by atoms with Crippen LogP contribution in [0.5, 0.6) is 5.75 Å². The number of para-hydroxylation sites is 1. The van der Waals surface area contributed by atoms with E-state index in [0.717, 1.165) is 22.9 Å². The fourth-order valence-electron chi connectivity index (χ4n) is 2.36. The van der Waals surface area contributed by atoms with Crippen LogP contribution in [0, 0.1) is 5.82 Å². The molecule has 0 spiro atoms. The molecule has 1 N–H and O–H groups in total. The fraction of sp³-hybridized carbons (Fsp3) is 0.200. The minimum atomic E-state index is -0.263. The van der Waals surface area contributed by atoms with Crippen molar-refractivity contribution in [3.63, 3.8) is 0 Å². The molecule has 3 aromatic rings. The third-order valence-corrected chi connectivity index (χ3v) is 3.40. The van der Waals surface area contributed by atoms with Gasteiger partial charge in [-0.15, -0.1) is 0 Å². The van der Waals surface area contributed by atoms with Gasteiger partial charge in [0.15, 0.2) is 0 Å². The summed E-state index contributed by atoms with van der Waals surface area (Å²) in [6, 6.07) is 10.9. The lowest BCUT2D eigenvalue weighted by Crippen LogP contribution is -2.04. The minimum absolute atomic E-state index is 0.185. The lowest BCUT2D eigenvalue weighted by atomic mass is 10.1. The smallest absolute Gasteiger partial charge is 0.147 e. The average molecular weight is 257 g/mol. The van der Waals surface area contributed by atoms with Gasteiger partial charge in [0.05, 0.1) is 17.5 Å². The van der Waals surface area contributed by atoms with Gasteiger partial charge in [0.1, 0.15) is 24.3 Å². The molecule has 19 heavy (non-hydrogen) atoms. The Bertz CT molecular complexity index is 761. The van der Waals surface area contributed by atoms with E-state index in [1.165, 1.54) is 6.07 Å². The van der Waals surface area contributed by atoms with Crippen molar-refractivity contribution in [2.45, 2.75) is 6.10 Å². The molecule has 1 aliphatic heterocycles. The highest BCUT2D eigenvalue weighted by Gasteiger charge is 2.24. The van der Waals surface area contributed by atoms with Crippen LogP contribution in [0.2, 0.25) is 0 Å². The van der Waals surface area contributed by atoms with E-state index in [0.29, 0.717) is 17.9 Å². The maximum Gasteiger partial charge on any atom is 0.147 e. The third kappa shape index (κ3) is 1.76. The highest BCUT2D eigenvalue weighted by molar-refractivity contribution is 6.10. The summed E-state index contributed by atoms with van der Waals surface area (Å²) in [6.07, 6.45) is 0.185. The zero-order chi connectivity index (χ0) is 12.8. The van der Waals surface area contributed by atoms with Crippen LogP contribution >= 0.6 is 0 Å². The summed E-state index contributed by atoms with van der Waals surface area (Å²) in [7, 11) is 0. The SMILES string of the molecule is Fc1ccc(OCC2CO2)c2c1[nH]c1ccccc12. The van der Waals surface area contributed by atoms with Crippen LogP contribution in [0.1, 0.15) is 0 Å². The molecule has 1 aliphatic rings. The van der Waals surface area contributed by atoms with Crippen molar-refractivity contribution >= 4 is 21.8 Å². The summed E-state index contributed by atoms with van der Waals surface area (Å²) in [6.45, 7) is 1.26. The van der Waals surface area contributed by atoms with Crippen molar-refractivity contribution in [3.05, 3.63) is 42.2 Å². The van der Waals surface area contributed by atoms with E-state index in [1.807, 2.05) is 24.3 Å². The van der Waals surface area contributed by atoms with E-state index >= 15 is 0 Å². The topological polar surface area (TPSA) is 37.5 Å².